The van der Waals surface area contributed by atoms with Crippen LogP contribution in [0.1, 0.15) is 32.6 Å². The van der Waals surface area contributed by atoms with Crippen LogP contribution >= 0.6 is 11.6 Å². The summed E-state index contributed by atoms with van der Waals surface area (Å²) in [7, 11) is -1.21. The summed E-state index contributed by atoms with van der Waals surface area (Å²) in [6.07, 6.45) is 6.83. The number of anilines is 2. The Bertz CT molecular complexity index is 1250. The lowest BCUT2D eigenvalue weighted by molar-refractivity contribution is 0.0670. The molecule has 40 heavy (non-hydrogen) atoms. The Kier molecular flexibility index (Phi) is 10.6. The van der Waals surface area contributed by atoms with E-state index in [1.165, 1.54) is 0 Å². The number of amides is 1. The zero-order chi connectivity index (χ0) is 28.5. The number of rotatable bonds is 12. The van der Waals surface area contributed by atoms with Crippen molar-refractivity contribution in [3.63, 3.8) is 0 Å². The number of piperidine rings is 1. The van der Waals surface area contributed by atoms with E-state index in [9.17, 15) is 4.79 Å². The monoisotopic (exact) mass is 584 g/mol. The van der Waals surface area contributed by atoms with E-state index in [1.54, 1.807) is 17.2 Å². The molecule has 1 aromatic carbocycles. The highest BCUT2D eigenvalue weighted by Gasteiger charge is 2.25. The van der Waals surface area contributed by atoms with Crippen molar-refractivity contribution in [1.29, 1.82) is 0 Å². The largest absolute Gasteiger partial charge is 0.490 e. The van der Waals surface area contributed by atoms with Crippen molar-refractivity contribution >= 4 is 48.0 Å². The lowest BCUT2D eigenvalue weighted by Gasteiger charge is -2.31. The van der Waals surface area contributed by atoms with Gasteiger partial charge in [0, 0.05) is 52.2 Å². The number of unbranched alkanes of at least 4 members (excludes halogenated alkanes) is 1. The van der Waals surface area contributed by atoms with Gasteiger partial charge in [-0.1, -0.05) is 44.6 Å². The fourth-order valence-corrected chi connectivity index (χ4v) is 5.36. The molecular weight excluding hydrogens is 544 g/mol. The lowest BCUT2D eigenvalue weighted by Crippen LogP contribution is -2.42. The lowest BCUT2D eigenvalue weighted by atomic mass is 10.1. The third-order valence-electron chi connectivity index (χ3n) is 6.94. The SMILES string of the molecule is CCCCOC(=O)N1CCC(Oc2ccc3c(N(COCC[Si](C)(C)C)c4ccc(Cl)nc4)nccc3c2)CC1. The summed E-state index contributed by atoms with van der Waals surface area (Å²) in [4.78, 5) is 25.1. The van der Waals surface area contributed by atoms with Crippen LogP contribution in [0.3, 0.4) is 0 Å². The predicted octanol–water partition coefficient (Wildman–Crippen LogP) is 7.51. The van der Waals surface area contributed by atoms with Crippen LogP contribution < -0.4 is 9.64 Å². The second kappa shape index (κ2) is 14.1. The fraction of sp³-hybridized carbons (Fsp3) is 0.500. The first-order valence-corrected chi connectivity index (χ1v) is 18.3. The molecule has 3 aromatic rings. The van der Waals surface area contributed by atoms with Crippen molar-refractivity contribution < 1.29 is 19.0 Å². The third kappa shape index (κ3) is 8.56. The first-order valence-electron chi connectivity index (χ1n) is 14.2. The van der Waals surface area contributed by atoms with Crippen LogP contribution in [0.4, 0.5) is 16.3 Å². The molecular formula is C30H41ClN4O4Si. The molecule has 10 heteroatoms. The smallest absolute Gasteiger partial charge is 0.409 e. The molecule has 0 N–H and O–H groups in total. The van der Waals surface area contributed by atoms with E-state index in [0.29, 0.717) is 38.2 Å². The van der Waals surface area contributed by atoms with Gasteiger partial charge in [0.05, 0.1) is 18.5 Å². The molecule has 4 rings (SSSR count). The minimum absolute atomic E-state index is 0.0508. The Balaban J connectivity index is 1.45. The first-order chi connectivity index (χ1) is 19.2. The number of hydrogen-bond donors (Lipinski definition) is 0. The second-order valence-corrected chi connectivity index (χ2v) is 17.4. The summed E-state index contributed by atoms with van der Waals surface area (Å²) < 4.78 is 17.8. The topological polar surface area (TPSA) is 77.0 Å². The van der Waals surface area contributed by atoms with Gasteiger partial charge in [0.1, 0.15) is 29.6 Å². The van der Waals surface area contributed by atoms with E-state index >= 15 is 0 Å². The molecule has 0 atom stereocenters. The zero-order valence-corrected chi connectivity index (χ0v) is 25.8. The number of ether oxygens (including phenoxy) is 3. The van der Waals surface area contributed by atoms with Gasteiger partial charge < -0.3 is 24.0 Å². The number of aromatic nitrogens is 2. The van der Waals surface area contributed by atoms with Crippen molar-refractivity contribution in [2.45, 2.75) is 64.4 Å². The van der Waals surface area contributed by atoms with Crippen molar-refractivity contribution in [2.75, 3.05) is 37.9 Å². The van der Waals surface area contributed by atoms with E-state index < -0.39 is 8.07 Å². The molecule has 1 aliphatic heterocycles. The average molecular weight is 585 g/mol. The van der Waals surface area contributed by atoms with Crippen molar-refractivity contribution in [3.8, 4) is 5.75 Å². The minimum Gasteiger partial charge on any atom is -0.490 e. The van der Waals surface area contributed by atoms with Crippen molar-refractivity contribution in [2.24, 2.45) is 0 Å². The molecule has 0 radical (unpaired) electrons. The number of halogens is 1. The molecule has 1 fully saturated rings. The van der Waals surface area contributed by atoms with E-state index in [4.69, 9.17) is 30.8 Å². The summed E-state index contributed by atoms with van der Waals surface area (Å²) >= 11 is 6.07. The van der Waals surface area contributed by atoms with E-state index in [1.807, 2.05) is 35.4 Å². The molecule has 8 nitrogen and oxygen atoms in total. The number of pyridine rings is 2. The number of fused-ring (bicyclic) bond motifs is 1. The Hall–Kier alpha value is -2.88. The van der Waals surface area contributed by atoms with Crippen LogP contribution in [0.25, 0.3) is 10.8 Å². The van der Waals surface area contributed by atoms with Crippen LogP contribution in [0.2, 0.25) is 30.8 Å². The van der Waals surface area contributed by atoms with Gasteiger partial charge in [-0.3, -0.25) is 0 Å². The Morgan fingerprint density at radius 1 is 1.10 bits per heavy atom. The van der Waals surface area contributed by atoms with Crippen LogP contribution in [0, 0.1) is 0 Å². The Morgan fingerprint density at radius 2 is 1.90 bits per heavy atom. The summed E-state index contributed by atoms with van der Waals surface area (Å²) in [5.41, 5.74) is 0.859. The molecule has 2 aromatic heterocycles. The molecule has 0 aliphatic carbocycles. The number of hydrogen-bond acceptors (Lipinski definition) is 7. The summed E-state index contributed by atoms with van der Waals surface area (Å²) in [5.74, 6) is 1.59. The normalized spacial score (nSPS) is 14.4. The average Bonchev–Trinajstić information content (AvgIpc) is 2.93. The number of likely N-dealkylation sites (tertiary alicyclic amines) is 1. The highest BCUT2D eigenvalue weighted by Crippen LogP contribution is 2.33. The minimum atomic E-state index is -1.21. The highest BCUT2D eigenvalue weighted by atomic mass is 35.5. The van der Waals surface area contributed by atoms with E-state index in [2.05, 4.69) is 37.6 Å². The van der Waals surface area contributed by atoms with E-state index in [-0.39, 0.29) is 12.2 Å². The van der Waals surface area contributed by atoms with Crippen molar-refractivity contribution in [1.82, 2.24) is 14.9 Å². The molecule has 0 saturated carbocycles. The number of carbonyl (C=O) groups excluding carboxylic acids is 1. The maximum atomic E-state index is 12.3. The number of carbonyl (C=O) groups is 1. The van der Waals surface area contributed by atoms with Crippen LogP contribution in [0.15, 0.2) is 48.8 Å². The molecule has 0 unspecified atom stereocenters. The fourth-order valence-electron chi connectivity index (χ4n) is 4.49. The van der Waals surface area contributed by atoms with Crippen molar-refractivity contribution in [3.05, 3.63) is 53.9 Å². The Labute approximate surface area is 243 Å². The second-order valence-electron chi connectivity index (χ2n) is 11.4. The number of benzene rings is 1. The van der Waals surface area contributed by atoms with Crippen LogP contribution in [-0.2, 0) is 9.47 Å². The standard InChI is InChI=1S/C30H41ClN4O4Si/c1-5-6-17-38-30(36)34-15-12-25(13-16-34)39-26-8-9-27-23(20-26)11-14-32-29(27)35(22-37-18-19-40(2,3)4)24-7-10-28(31)33-21-24/h7-11,14,20-21,25H,5-6,12-13,15-19,22H2,1-4H3. The molecule has 1 saturated heterocycles. The molecule has 1 amide bonds. The highest BCUT2D eigenvalue weighted by molar-refractivity contribution is 6.76. The number of nitrogens with zero attached hydrogens (tertiary/aromatic N) is 4. The molecule has 1 aliphatic rings. The molecule has 3 heterocycles. The van der Waals surface area contributed by atoms with Gasteiger partial charge in [0.15, 0.2) is 0 Å². The molecule has 0 bridgehead atoms. The third-order valence-corrected chi connectivity index (χ3v) is 8.86. The summed E-state index contributed by atoms with van der Waals surface area (Å²) in [6, 6.07) is 12.9. The van der Waals surface area contributed by atoms with Crippen LogP contribution in [0.5, 0.6) is 5.75 Å². The molecule has 216 valence electrons. The van der Waals surface area contributed by atoms with Gasteiger partial charge >= 0.3 is 6.09 Å². The predicted molar refractivity (Wildman–Crippen MR) is 164 cm³/mol. The van der Waals surface area contributed by atoms with Crippen LogP contribution in [-0.4, -0.2) is 68.2 Å². The maximum Gasteiger partial charge on any atom is 0.409 e. The van der Waals surface area contributed by atoms with Gasteiger partial charge in [-0.15, -0.1) is 0 Å². The van der Waals surface area contributed by atoms with Gasteiger partial charge in [-0.25, -0.2) is 14.8 Å². The summed E-state index contributed by atoms with van der Waals surface area (Å²) in [6.45, 7) is 11.9. The zero-order valence-electron chi connectivity index (χ0n) is 24.1. The van der Waals surface area contributed by atoms with Gasteiger partial charge in [-0.05, 0) is 54.2 Å². The Morgan fingerprint density at radius 3 is 2.60 bits per heavy atom. The van der Waals surface area contributed by atoms with Gasteiger partial charge in [-0.2, -0.15) is 0 Å². The quantitative estimate of drug-likeness (QED) is 0.0943. The molecule has 0 spiro atoms. The van der Waals surface area contributed by atoms with Gasteiger partial charge in [0.2, 0.25) is 0 Å². The van der Waals surface area contributed by atoms with E-state index in [0.717, 1.165) is 59.8 Å². The summed E-state index contributed by atoms with van der Waals surface area (Å²) in [5, 5.41) is 2.45. The maximum absolute atomic E-state index is 12.3. The van der Waals surface area contributed by atoms with Gasteiger partial charge in [0.25, 0.3) is 0 Å². The first kappa shape index (κ1) is 30.1.